The van der Waals surface area contributed by atoms with E-state index in [1.165, 1.54) is 0 Å². The van der Waals surface area contributed by atoms with Crippen LogP contribution >= 0.6 is 15.9 Å². The Kier molecular flexibility index (Phi) is 3.61. The first-order valence-corrected chi connectivity index (χ1v) is 6.83. The van der Waals surface area contributed by atoms with E-state index in [0.29, 0.717) is 29.9 Å². The molecule has 0 amide bonds. The van der Waals surface area contributed by atoms with E-state index >= 15 is 0 Å². The maximum absolute atomic E-state index is 13.9. The lowest BCUT2D eigenvalue weighted by molar-refractivity contribution is 0.310. The first-order valence-electron chi connectivity index (χ1n) is 6.04. The molecule has 5 heteroatoms. The molecule has 0 spiro atoms. The summed E-state index contributed by atoms with van der Waals surface area (Å²) in [6.45, 7) is 4.00. The van der Waals surface area contributed by atoms with Gasteiger partial charge in [0.25, 0.3) is 0 Å². The lowest BCUT2D eigenvalue weighted by Crippen LogP contribution is -1.96. The van der Waals surface area contributed by atoms with Crippen LogP contribution in [0.1, 0.15) is 32.4 Å². The zero-order valence-electron chi connectivity index (χ0n) is 10.7. The van der Waals surface area contributed by atoms with Gasteiger partial charge in [0, 0.05) is 16.9 Å². The number of alkyl halides is 1. The normalized spacial score (nSPS) is 16.1. The van der Waals surface area contributed by atoms with E-state index in [9.17, 15) is 4.39 Å². The SMILES string of the molecule is CC.COc1cc(Br)cn2cc(C3(F)CC3)nc12. The minimum absolute atomic E-state index is 0.504. The van der Waals surface area contributed by atoms with Crippen molar-refractivity contribution in [3.8, 4) is 5.75 Å². The van der Waals surface area contributed by atoms with E-state index in [2.05, 4.69) is 20.9 Å². The minimum atomic E-state index is -1.20. The second-order valence-corrected chi connectivity index (χ2v) is 4.96. The molecule has 98 valence electrons. The van der Waals surface area contributed by atoms with Crippen LogP contribution in [0.5, 0.6) is 5.75 Å². The van der Waals surface area contributed by atoms with Crippen molar-refractivity contribution in [2.75, 3.05) is 7.11 Å². The molecule has 1 saturated carbocycles. The number of ether oxygens (including phenoxy) is 1. The third-order valence-electron chi connectivity index (χ3n) is 2.85. The molecule has 0 N–H and O–H groups in total. The van der Waals surface area contributed by atoms with E-state index < -0.39 is 5.67 Å². The summed E-state index contributed by atoms with van der Waals surface area (Å²) in [6, 6.07) is 1.82. The Morgan fingerprint density at radius 1 is 1.39 bits per heavy atom. The van der Waals surface area contributed by atoms with E-state index in [-0.39, 0.29) is 0 Å². The van der Waals surface area contributed by atoms with Gasteiger partial charge in [-0.25, -0.2) is 9.37 Å². The number of pyridine rings is 1. The van der Waals surface area contributed by atoms with Crippen LogP contribution in [0, 0.1) is 0 Å². The number of aromatic nitrogens is 2. The van der Waals surface area contributed by atoms with E-state index in [0.717, 1.165) is 4.47 Å². The molecule has 0 unspecified atom stereocenters. The van der Waals surface area contributed by atoms with Crippen molar-refractivity contribution in [1.82, 2.24) is 9.38 Å². The molecule has 2 heterocycles. The van der Waals surface area contributed by atoms with Crippen molar-refractivity contribution in [2.45, 2.75) is 32.4 Å². The molecule has 0 saturated heterocycles. The molecule has 0 radical (unpaired) electrons. The number of imidazole rings is 1. The highest BCUT2D eigenvalue weighted by molar-refractivity contribution is 9.10. The number of hydrogen-bond donors (Lipinski definition) is 0. The predicted octanol–water partition coefficient (Wildman–Crippen LogP) is 4.09. The van der Waals surface area contributed by atoms with E-state index in [4.69, 9.17) is 4.74 Å². The number of rotatable bonds is 2. The molecule has 1 aliphatic carbocycles. The average molecular weight is 315 g/mol. The lowest BCUT2D eigenvalue weighted by Gasteiger charge is -2.02. The van der Waals surface area contributed by atoms with Crippen molar-refractivity contribution in [3.05, 3.63) is 28.6 Å². The lowest BCUT2D eigenvalue weighted by atomic mass is 10.3. The van der Waals surface area contributed by atoms with Crippen molar-refractivity contribution < 1.29 is 9.13 Å². The highest BCUT2D eigenvalue weighted by Crippen LogP contribution is 2.49. The van der Waals surface area contributed by atoms with Crippen molar-refractivity contribution in [1.29, 1.82) is 0 Å². The van der Waals surface area contributed by atoms with Gasteiger partial charge in [-0.1, -0.05) is 13.8 Å². The molecular formula is C13H16BrFN2O. The van der Waals surface area contributed by atoms with Gasteiger partial charge in [0.05, 0.1) is 12.8 Å². The molecule has 3 nitrogen and oxygen atoms in total. The monoisotopic (exact) mass is 314 g/mol. The molecule has 1 fully saturated rings. The second-order valence-electron chi connectivity index (χ2n) is 4.05. The zero-order valence-corrected chi connectivity index (χ0v) is 12.3. The number of methoxy groups -OCH3 is 1. The topological polar surface area (TPSA) is 26.5 Å². The van der Waals surface area contributed by atoms with Gasteiger partial charge in [0.2, 0.25) is 0 Å². The molecule has 1 aliphatic rings. The molecule has 2 aromatic heterocycles. The fraction of sp³-hybridized carbons (Fsp3) is 0.462. The average Bonchev–Trinajstić information content (AvgIpc) is 2.98. The van der Waals surface area contributed by atoms with Crippen LogP contribution in [-0.2, 0) is 5.67 Å². The summed E-state index contributed by atoms with van der Waals surface area (Å²) in [5.74, 6) is 0.643. The van der Waals surface area contributed by atoms with Crippen molar-refractivity contribution in [2.24, 2.45) is 0 Å². The van der Waals surface area contributed by atoms with Crippen LogP contribution in [0.15, 0.2) is 22.9 Å². The predicted molar refractivity (Wildman–Crippen MR) is 72.8 cm³/mol. The van der Waals surface area contributed by atoms with Gasteiger partial charge in [-0.05, 0) is 34.8 Å². The maximum atomic E-state index is 13.9. The molecule has 2 aromatic rings. The first kappa shape index (κ1) is 13.3. The van der Waals surface area contributed by atoms with Crippen LogP contribution in [0.25, 0.3) is 5.65 Å². The van der Waals surface area contributed by atoms with Crippen molar-refractivity contribution >= 4 is 21.6 Å². The van der Waals surface area contributed by atoms with Gasteiger partial charge < -0.3 is 9.14 Å². The third kappa shape index (κ3) is 2.23. The highest BCUT2D eigenvalue weighted by Gasteiger charge is 2.47. The largest absolute Gasteiger partial charge is 0.493 e. The summed E-state index contributed by atoms with van der Waals surface area (Å²) in [4.78, 5) is 4.30. The van der Waals surface area contributed by atoms with E-state index in [1.54, 1.807) is 17.7 Å². The van der Waals surface area contributed by atoms with Crippen LogP contribution in [0.4, 0.5) is 4.39 Å². The minimum Gasteiger partial charge on any atom is -0.493 e. The number of halogens is 2. The summed E-state index contributed by atoms with van der Waals surface area (Å²) >= 11 is 3.38. The second kappa shape index (κ2) is 4.88. The highest BCUT2D eigenvalue weighted by atomic mass is 79.9. The van der Waals surface area contributed by atoms with Gasteiger partial charge in [-0.15, -0.1) is 0 Å². The zero-order chi connectivity index (χ0) is 13.3. The summed E-state index contributed by atoms with van der Waals surface area (Å²) in [7, 11) is 1.58. The Morgan fingerprint density at radius 3 is 2.61 bits per heavy atom. The molecule has 0 aliphatic heterocycles. The molecular weight excluding hydrogens is 299 g/mol. The molecule has 3 rings (SSSR count). The Labute approximate surface area is 114 Å². The Balaban J connectivity index is 0.000000574. The van der Waals surface area contributed by atoms with Crippen LogP contribution < -0.4 is 4.74 Å². The van der Waals surface area contributed by atoms with Gasteiger partial charge in [-0.2, -0.15) is 0 Å². The third-order valence-corrected chi connectivity index (χ3v) is 3.29. The summed E-state index contributed by atoms with van der Waals surface area (Å²) in [6.07, 6.45) is 4.72. The van der Waals surface area contributed by atoms with Crippen LogP contribution in [0.2, 0.25) is 0 Å². The van der Waals surface area contributed by atoms with Gasteiger partial charge in [0.1, 0.15) is 0 Å². The Bertz CT molecular complexity index is 563. The molecule has 18 heavy (non-hydrogen) atoms. The van der Waals surface area contributed by atoms with Gasteiger partial charge >= 0.3 is 0 Å². The maximum Gasteiger partial charge on any atom is 0.180 e. The first-order chi connectivity index (χ1) is 8.62. The van der Waals surface area contributed by atoms with Crippen LogP contribution in [0.3, 0.4) is 0 Å². The van der Waals surface area contributed by atoms with Crippen LogP contribution in [-0.4, -0.2) is 16.5 Å². The molecule has 0 aromatic carbocycles. The Morgan fingerprint density at radius 2 is 2.06 bits per heavy atom. The van der Waals surface area contributed by atoms with Crippen molar-refractivity contribution in [3.63, 3.8) is 0 Å². The Hall–Kier alpha value is -1.10. The molecule has 0 bridgehead atoms. The van der Waals surface area contributed by atoms with E-state index in [1.807, 2.05) is 26.1 Å². The van der Waals surface area contributed by atoms with Gasteiger partial charge in [-0.3, -0.25) is 0 Å². The number of hydrogen-bond acceptors (Lipinski definition) is 2. The number of fused-ring (bicyclic) bond motifs is 1. The fourth-order valence-corrected chi connectivity index (χ4v) is 2.19. The fourth-order valence-electron chi connectivity index (χ4n) is 1.77. The standard InChI is InChI=1S/C11H10BrFN2O.C2H6/c1-16-8-4-7(12)5-15-6-9(14-10(8)15)11(13)2-3-11;1-2/h4-6H,2-3H2,1H3;1-2H3. The summed E-state index contributed by atoms with van der Waals surface area (Å²) < 4.78 is 21.8. The van der Waals surface area contributed by atoms with Gasteiger partial charge in [0.15, 0.2) is 17.1 Å². The smallest absolute Gasteiger partial charge is 0.180 e. The quantitative estimate of drug-likeness (QED) is 0.834. The summed E-state index contributed by atoms with van der Waals surface area (Å²) in [5.41, 5.74) is -0.0442. The molecule has 0 atom stereocenters. The summed E-state index contributed by atoms with van der Waals surface area (Å²) in [5, 5.41) is 0. The number of nitrogens with zero attached hydrogens (tertiary/aromatic N) is 2.